The number of amides is 1. The van der Waals surface area contributed by atoms with Crippen LogP contribution in [0.5, 0.6) is 0 Å². The molecule has 44 heavy (non-hydrogen) atoms. The van der Waals surface area contributed by atoms with Gasteiger partial charge in [-0.05, 0) is 71.8 Å². The molecule has 232 valence electrons. The van der Waals surface area contributed by atoms with Gasteiger partial charge >= 0.3 is 5.97 Å². The number of carbonyl (C=O) groups is 2. The number of carboxylic acids is 1. The molecule has 0 aliphatic carbocycles. The fourth-order valence-corrected chi connectivity index (χ4v) is 6.74. The number of ether oxygens (including phenoxy) is 1. The van der Waals surface area contributed by atoms with Crippen LogP contribution in [-0.4, -0.2) is 43.5 Å². The zero-order valence-electron chi connectivity index (χ0n) is 25.3. The fraction of sp³-hybridized carbons (Fsp3) is 0.314. The van der Waals surface area contributed by atoms with Crippen LogP contribution in [0.1, 0.15) is 65.1 Å². The van der Waals surface area contributed by atoms with E-state index in [9.17, 15) is 23.1 Å². The molecule has 0 fully saturated rings. The van der Waals surface area contributed by atoms with Crippen molar-refractivity contribution in [3.05, 3.63) is 106 Å². The first-order valence-electron chi connectivity index (χ1n) is 14.7. The van der Waals surface area contributed by atoms with Gasteiger partial charge in [-0.2, -0.15) is 0 Å². The van der Waals surface area contributed by atoms with E-state index in [1.807, 2.05) is 61.5 Å². The maximum Gasteiger partial charge on any atom is 0.326 e. The number of hydrogen-bond donors (Lipinski definition) is 2. The van der Waals surface area contributed by atoms with Crippen molar-refractivity contribution in [1.29, 1.82) is 0 Å². The highest BCUT2D eigenvalue weighted by atomic mass is 32.2. The van der Waals surface area contributed by atoms with Crippen molar-refractivity contribution in [2.24, 2.45) is 0 Å². The summed E-state index contributed by atoms with van der Waals surface area (Å²) in [6.45, 7) is 4.45. The van der Waals surface area contributed by atoms with Crippen LogP contribution >= 0.6 is 11.3 Å². The first-order chi connectivity index (χ1) is 21.1. The Kier molecular flexibility index (Phi) is 11.5. The average Bonchev–Trinajstić information content (AvgIpc) is 3.49. The van der Waals surface area contributed by atoms with E-state index in [1.165, 1.54) is 15.3 Å². The molecule has 0 bridgehead atoms. The molecule has 0 aliphatic rings. The van der Waals surface area contributed by atoms with Gasteiger partial charge in [-0.15, -0.1) is 11.3 Å². The van der Waals surface area contributed by atoms with Crippen molar-refractivity contribution in [2.45, 2.75) is 58.3 Å². The minimum Gasteiger partial charge on any atom is -0.480 e. The van der Waals surface area contributed by atoms with Gasteiger partial charge in [-0.3, -0.25) is 4.79 Å². The Hall–Kier alpha value is -3.79. The van der Waals surface area contributed by atoms with Crippen LogP contribution < -0.4 is 5.32 Å². The van der Waals surface area contributed by atoms with Gasteiger partial charge in [-0.25, -0.2) is 13.2 Å². The Morgan fingerprint density at radius 1 is 0.932 bits per heavy atom. The Morgan fingerprint density at radius 2 is 1.66 bits per heavy atom. The van der Waals surface area contributed by atoms with Gasteiger partial charge in [0, 0.05) is 21.6 Å². The SMILES string of the molecule is CCCCC(OCc1ccc(C(=O)NC(CCS(C)(=O)=O)C(=O)O)c(-c2ccccc2C)c1)c1ccc(-c2ccccc2)s1. The van der Waals surface area contributed by atoms with Crippen LogP contribution in [0.3, 0.4) is 0 Å². The number of rotatable bonds is 15. The van der Waals surface area contributed by atoms with E-state index >= 15 is 0 Å². The summed E-state index contributed by atoms with van der Waals surface area (Å²) in [6, 6.07) is 26.3. The Balaban J connectivity index is 1.59. The predicted octanol–water partition coefficient (Wildman–Crippen LogP) is 7.46. The largest absolute Gasteiger partial charge is 0.480 e. The number of sulfone groups is 1. The normalized spacial score (nSPS) is 12.9. The summed E-state index contributed by atoms with van der Waals surface area (Å²) >= 11 is 1.74. The van der Waals surface area contributed by atoms with Crippen LogP contribution in [-0.2, 0) is 26.0 Å². The number of hydrogen-bond acceptors (Lipinski definition) is 6. The number of unbranched alkanes of at least 4 members (excludes halogenated alkanes) is 1. The lowest BCUT2D eigenvalue weighted by molar-refractivity contribution is -0.139. The lowest BCUT2D eigenvalue weighted by atomic mass is 9.93. The minimum absolute atomic E-state index is 0.0755. The van der Waals surface area contributed by atoms with Crippen LogP contribution in [0.2, 0.25) is 0 Å². The van der Waals surface area contributed by atoms with Crippen LogP contribution in [0.25, 0.3) is 21.6 Å². The number of thiophene rings is 1. The predicted molar refractivity (Wildman–Crippen MR) is 177 cm³/mol. The van der Waals surface area contributed by atoms with E-state index < -0.39 is 27.8 Å². The Morgan fingerprint density at radius 3 is 2.34 bits per heavy atom. The molecule has 4 rings (SSSR count). The van der Waals surface area contributed by atoms with E-state index in [-0.39, 0.29) is 18.3 Å². The molecule has 0 saturated carbocycles. The van der Waals surface area contributed by atoms with Gasteiger partial charge in [0.05, 0.1) is 18.5 Å². The standard InChI is InChI=1S/C35H39NO6S2/c1-4-5-15-31(33-19-18-32(43-33)26-12-7-6-8-13-26)42-23-25-16-17-28(29(22-25)27-14-10-9-11-24(27)2)34(37)36-30(35(38)39)20-21-44(3,40)41/h6-14,16-19,22,30-31H,4-5,15,20-21,23H2,1-3H3,(H,36,37)(H,38,39). The second kappa shape index (κ2) is 15.3. The molecule has 2 atom stereocenters. The molecule has 4 aromatic rings. The zero-order chi connectivity index (χ0) is 31.7. The molecule has 1 amide bonds. The van der Waals surface area contributed by atoms with Gasteiger partial charge < -0.3 is 15.2 Å². The maximum absolute atomic E-state index is 13.4. The fourth-order valence-electron chi connectivity index (χ4n) is 4.98. The molecule has 3 aromatic carbocycles. The summed E-state index contributed by atoms with van der Waals surface area (Å²) in [4.78, 5) is 27.6. The van der Waals surface area contributed by atoms with Crippen molar-refractivity contribution in [3.63, 3.8) is 0 Å². The molecule has 0 aliphatic heterocycles. The van der Waals surface area contributed by atoms with Crippen molar-refractivity contribution in [3.8, 4) is 21.6 Å². The highest BCUT2D eigenvalue weighted by Gasteiger charge is 2.24. The van der Waals surface area contributed by atoms with Gasteiger partial charge in [0.2, 0.25) is 0 Å². The van der Waals surface area contributed by atoms with Gasteiger partial charge in [0.15, 0.2) is 0 Å². The monoisotopic (exact) mass is 633 g/mol. The second-order valence-electron chi connectivity index (χ2n) is 11.0. The Labute approximate surface area is 263 Å². The lowest BCUT2D eigenvalue weighted by Gasteiger charge is -2.19. The summed E-state index contributed by atoms with van der Waals surface area (Å²) in [5, 5.41) is 12.2. The number of nitrogens with one attached hydrogen (secondary N) is 1. The van der Waals surface area contributed by atoms with E-state index in [2.05, 4.69) is 36.5 Å². The minimum atomic E-state index is -3.40. The number of benzene rings is 3. The third-order valence-electron chi connectivity index (χ3n) is 7.42. The van der Waals surface area contributed by atoms with Crippen molar-refractivity contribution in [1.82, 2.24) is 5.32 Å². The van der Waals surface area contributed by atoms with E-state index in [1.54, 1.807) is 17.4 Å². The third kappa shape index (κ3) is 9.11. The number of carbonyl (C=O) groups excluding carboxylic acids is 1. The molecular formula is C35H39NO6S2. The first-order valence-corrected chi connectivity index (χ1v) is 17.6. The Bertz CT molecular complexity index is 1680. The summed E-state index contributed by atoms with van der Waals surface area (Å²) in [7, 11) is -3.40. The summed E-state index contributed by atoms with van der Waals surface area (Å²) in [5.74, 6) is -2.21. The number of aliphatic carboxylic acids is 1. The zero-order valence-corrected chi connectivity index (χ0v) is 26.9. The van der Waals surface area contributed by atoms with Crippen LogP contribution in [0, 0.1) is 6.92 Å². The van der Waals surface area contributed by atoms with Crippen molar-refractivity contribution >= 4 is 33.1 Å². The molecule has 0 radical (unpaired) electrons. The summed E-state index contributed by atoms with van der Waals surface area (Å²) in [6.07, 6.45) is 3.71. The first kappa shape index (κ1) is 33.1. The van der Waals surface area contributed by atoms with Crippen LogP contribution in [0.4, 0.5) is 0 Å². The summed E-state index contributed by atoms with van der Waals surface area (Å²) in [5.41, 5.74) is 4.82. The van der Waals surface area contributed by atoms with Crippen molar-refractivity contribution < 1.29 is 27.9 Å². The maximum atomic E-state index is 13.4. The molecule has 7 nitrogen and oxygen atoms in total. The number of aryl methyl sites for hydroxylation is 1. The summed E-state index contributed by atoms with van der Waals surface area (Å²) < 4.78 is 29.8. The molecule has 2 N–H and O–H groups in total. The smallest absolute Gasteiger partial charge is 0.326 e. The van der Waals surface area contributed by atoms with E-state index in [4.69, 9.17) is 4.74 Å². The average molecular weight is 634 g/mol. The number of carboxylic acid groups (broad SMARTS) is 1. The second-order valence-corrected chi connectivity index (χ2v) is 14.4. The topological polar surface area (TPSA) is 110 Å². The van der Waals surface area contributed by atoms with Gasteiger partial charge in [0.25, 0.3) is 5.91 Å². The van der Waals surface area contributed by atoms with Gasteiger partial charge in [0.1, 0.15) is 15.9 Å². The third-order valence-corrected chi connectivity index (χ3v) is 9.62. The lowest BCUT2D eigenvalue weighted by Crippen LogP contribution is -2.42. The quantitative estimate of drug-likeness (QED) is 0.141. The van der Waals surface area contributed by atoms with Crippen LogP contribution in [0.15, 0.2) is 84.9 Å². The van der Waals surface area contributed by atoms with E-state index in [0.717, 1.165) is 42.2 Å². The molecule has 1 aromatic heterocycles. The molecule has 0 spiro atoms. The van der Waals surface area contributed by atoms with Crippen molar-refractivity contribution in [2.75, 3.05) is 12.0 Å². The van der Waals surface area contributed by atoms with E-state index in [0.29, 0.717) is 17.7 Å². The molecule has 2 unspecified atom stereocenters. The molecular weight excluding hydrogens is 595 g/mol. The molecule has 0 saturated heterocycles. The highest BCUT2D eigenvalue weighted by molar-refractivity contribution is 7.90. The van der Waals surface area contributed by atoms with Gasteiger partial charge in [-0.1, -0.05) is 80.4 Å². The molecule has 1 heterocycles. The molecule has 9 heteroatoms. The highest BCUT2D eigenvalue weighted by Crippen LogP contribution is 2.36.